The van der Waals surface area contributed by atoms with E-state index in [-0.39, 0.29) is 0 Å². The number of hydrogen-bond acceptors (Lipinski definition) is 2. The minimum absolute atomic E-state index is 0.911. The number of nitrogens with zero attached hydrogens (tertiary/aromatic N) is 1. The van der Waals surface area contributed by atoms with Crippen molar-refractivity contribution in [1.29, 1.82) is 0 Å². The summed E-state index contributed by atoms with van der Waals surface area (Å²) in [6, 6.07) is 81.2. The van der Waals surface area contributed by atoms with Gasteiger partial charge in [-0.1, -0.05) is 182 Å². The largest absolute Gasteiger partial charge is 0.456 e. The van der Waals surface area contributed by atoms with Crippen molar-refractivity contribution in [2.24, 2.45) is 0 Å². The number of hydrogen-bond donors (Lipinski definition) is 0. The van der Waals surface area contributed by atoms with E-state index in [1.807, 2.05) is 6.07 Å². The minimum Gasteiger partial charge on any atom is -0.456 e. The minimum atomic E-state index is 0.911. The standard InChI is InChI=1S/C58H37NO/c1-2-14-38(15-3-1)39-28-30-40(31-29-39)41-32-34-43(35-33-41)59(52-26-12-17-42-16-4-5-18-44(42)52)53-25-10-8-19-45(53)46-23-13-24-48-50-36-37-55-58(51-22-9-11-27-54(51)60-55)57(50)49-21-7-6-20-47(49)56(46)48/h1-37H. The summed E-state index contributed by atoms with van der Waals surface area (Å²) in [4.78, 5) is 2.45. The van der Waals surface area contributed by atoms with Crippen molar-refractivity contribution < 1.29 is 4.42 Å². The van der Waals surface area contributed by atoms with E-state index in [1.165, 1.54) is 76.3 Å². The zero-order chi connectivity index (χ0) is 39.6. The number of fused-ring (bicyclic) bond motifs is 11. The van der Waals surface area contributed by atoms with Crippen LogP contribution in [-0.4, -0.2) is 0 Å². The molecule has 60 heavy (non-hydrogen) atoms. The van der Waals surface area contributed by atoms with Gasteiger partial charge in [-0.3, -0.25) is 0 Å². The molecule has 11 aromatic carbocycles. The van der Waals surface area contributed by atoms with Gasteiger partial charge in [0.05, 0.1) is 11.4 Å². The Labute approximate surface area is 347 Å². The average Bonchev–Trinajstić information content (AvgIpc) is 3.71. The maximum Gasteiger partial charge on any atom is 0.136 e. The van der Waals surface area contributed by atoms with Crippen molar-refractivity contribution >= 4 is 82.1 Å². The summed E-state index contributed by atoms with van der Waals surface area (Å²) in [6.07, 6.45) is 0. The van der Waals surface area contributed by atoms with Crippen molar-refractivity contribution in [3.63, 3.8) is 0 Å². The highest BCUT2D eigenvalue weighted by Gasteiger charge is 2.22. The van der Waals surface area contributed by atoms with E-state index < -0.39 is 0 Å². The predicted octanol–water partition coefficient (Wildman–Crippen LogP) is 16.7. The third-order valence-corrected chi connectivity index (χ3v) is 12.3. The highest BCUT2D eigenvalue weighted by molar-refractivity contribution is 6.36. The van der Waals surface area contributed by atoms with Gasteiger partial charge in [0, 0.05) is 32.8 Å². The average molecular weight is 764 g/mol. The normalized spacial score (nSPS) is 11.7. The van der Waals surface area contributed by atoms with Crippen LogP contribution in [0.15, 0.2) is 229 Å². The van der Waals surface area contributed by atoms with Crippen LogP contribution in [0.5, 0.6) is 0 Å². The first-order chi connectivity index (χ1) is 29.8. The summed E-state index contributed by atoms with van der Waals surface area (Å²) < 4.78 is 6.42. The Morgan fingerprint density at radius 1 is 0.267 bits per heavy atom. The molecule has 0 atom stereocenters. The lowest BCUT2D eigenvalue weighted by Crippen LogP contribution is -2.11. The first-order valence-electron chi connectivity index (χ1n) is 20.6. The van der Waals surface area contributed by atoms with Crippen LogP contribution in [0.2, 0.25) is 0 Å². The molecule has 2 heteroatoms. The van der Waals surface area contributed by atoms with Crippen LogP contribution >= 0.6 is 0 Å². The lowest BCUT2D eigenvalue weighted by atomic mass is 9.87. The van der Waals surface area contributed by atoms with Crippen LogP contribution < -0.4 is 4.90 Å². The van der Waals surface area contributed by atoms with E-state index in [0.29, 0.717) is 0 Å². The molecular weight excluding hydrogens is 727 g/mol. The number of anilines is 3. The summed E-state index contributed by atoms with van der Waals surface area (Å²) >= 11 is 0. The topological polar surface area (TPSA) is 16.4 Å². The van der Waals surface area contributed by atoms with Crippen molar-refractivity contribution in [3.05, 3.63) is 224 Å². The smallest absolute Gasteiger partial charge is 0.136 e. The highest BCUT2D eigenvalue weighted by atomic mass is 16.3. The molecule has 1 aromatic heterocycles. The second kappa shape index (κ2) is 13.9. The molecule has 12 rings (SSSR count). The molecule has 0 aliphatic carbocycles. The molecule has 0 amide bonds. The van der Waals surface area contributed by atoms with Gasteiger partial charge in [-0.2, -0.15) is 0 Å². The van der Waals surface area contributed by atoms with Gasteiger partial charge < -0.3 is 9.32 Å². The van der Waals surface area contributed by atoms with Gasteiger partial charge >= 0.3 is 0 Å². The van der Waals surface area contributed by atoms with E-state index >= 15 is 0 Å². The summed E-state index contributed by atoms with van der Waals surface area (Å²) in [5, 5.41) is 12.1. The van der Waals surface area contributed by atoms with Crippen molar-refractivity contribution in [3.8, 4) is 33.4 Å². The Bertz CT molecular complexity index is 3550. The van der Waals surface area contributed by atoms with Gasteiger partial charge in [0.25, 0.3) is 0 Å². The molecule has 0 saturated carbocycles. The first-order valence-corrected chi connectivity index (χ1v) is 20.6. The third kappa shape index (κ3) is 5.42. The van der Waals surface area contributed by atoms with E-state index in [0.717, 1.165) is 39.2 Å². The molecule has 0 saturated heterocycles. The number of benzene rings is 11. The van der Waals surface area contributed by atoms with Gasteiger partial charge in [0.15, 0.2) is 0 Å². The van der Waals surface area contributed by atoms with Crippen LogP contribution in [0.3, 0.4) is 0 Å². The summed E-state index contributed by atoms with van der Waals surface area (Å²) in [6.45, 7) is 0. The van der Waals surface area contributed by atoms with Crippen molar-refractivity contribution in [2.45, 2.75) is 0 Å². The number of rotatable bonds is 6. The van der Waals surface area contributed by atoms with E-state index in [4.69, 9.17) is 4.42 Å². The van der Waals surface area contributed by atoms with Gasteiger partial charge in [-0.05, 0) is 103 Å². The quantitative estimate of drug-likeness (QED) is 0.157. The van der Waals surface area contributed by atoms with Gasteiger partial charge in [-0.15, -0.1) is 0 Å². The Hall–Kier alpha value is -7.94. The number of para-hydroxylation sites is 2. The predicted molar refractivity (Wildman–Crippen MR) is 255 cm³/mol. The second-order valence-electron chi connectivity index (χ2n) is 15.6. The van der Waals surface area contributed by atoms with Crippen LogP contribution in [0.4, 0.5) is 17.1 Å². The molecule has 0 spiro atoms. The van der Waals surface area contributed by atoms with Crippen LogP contribution in [0.1, 0.15) is 0 Å². The Kier molecular flexibility index (Phi) is 7.89. The molecule has 280 valence electrons. The van der Waals surface area contributed by atoms with Crippen molar-refractivity contribution in [2.75, 3.05) is 4.90 Å². The fourth-order valence-corrected chi connectivity index (χ4v) is 9.53. The molecule has 0 bridgehead atoms. The van der Waals surface area contributed by atoms with Gasteiger partial charge in [0.2, 0.25) is 0 Å². The SMILES string of the molecule is c1ccc(-c2ccc(-c3ccc(N(c4ccccc4-c4cccc5c6ccc7oc8ccccc8c7c6c6ccccc6c45)c4cccc5ccccc45)cc3)cc2)cc1. The molecule has 0 N–H and O–H groups in total. The van der Waals surface area contributed by atoms with Gasteiger partial charge in [0.1, 0.15) is 11.2 Å². The first kappa shape index (κ1) is 34.1. The second-order valence-corrected chi connectivity index (χ2v) is 15.6. The molecule has 0 unspecified atom stereocenters. The lowest BCUT2D eigenvalue weighted by Gasteiger charge is -2.29. The van der Waals surface area contributed by atoms with E-state index in [2.05, 4.69) is 223 Å². The monoisotopic (exact) mass is 763 g/mol. The zero-order valence-corrected chi connectivity index (χ0v) is 32.7. The molecule has 12 aromatic rings. The molecule has 1 heterocycles. The fourth-order valence-electron chi connectivity index (χ4n) is 9.53. The van der Waals surface area contributed by atoms with E-state index in [1.54, 1.807) is 0 Å². The molecule has 0 aliphatic heterocycles. The summed E-state index contributed by atoms with van der Waals surface area (Å²) in [5.41, 5.74) is 12.3. The molecule has 2 nitrogen and oxygen atoms in total. The van der Waals surface area contributed by atoms with Crippen molar-refractivity contribution in [1.82, 2.24) is 0 Å². The molecular formula is C58H37NO. The zero-order valence-electron chi connectivity index (χ0n) is 32.7. The maximum absolute atomic E-state index is 6.42. The Balaban J connectivity index is 1.07. The maximum atomic E-state index is 6.42. The van der Waals surface area contributed by atoms with Crippen LogP contribution in [0, 0.1) is 0 Å². The van der Waals surface area contributed by atoms with Gasteiger partial charge in [-0.25, -0.2) is 0 Å². The Morgan fingerprint density at radius 3 is 1.53 bits per heavy atom. The number of furan rings is 1. The van der Waals surface area contributed by atoms with Crippen LogP contribution in [0.25, 0.3) is 98.4 Å². The van der Waals surface area contributed by atoms with Crippen LogP contribution in [-0.2, 0) is 0 Å². The highest BCUT2D eigenvalue weighted by Crippen LogP contribution is 2.49. The Morgan fingerprint density at radius 2 is 0.767 bits per heavy atom. The van der Waals surface area contributed by atoms with E-state index in [9.17, 15) is 0 Å². The fraction of sp³-hybridized carbons (Fsp3) is 0. The summed E-state index contributed by atoms with van der Waals surface area (Å²) in [5.74, 6) is 0. The summed E-state index contributed by atoms with van der Waals surface area (Å²) in [7, 11) is 0. The molecule has 0 radical (unpaired) electrons. The molecule has 0 aliphatic rings. The lowest BCUT2D eigenvalue weighted by molar-refractivity contribution is 0.669. The third-order valence-electron chi connectivity index (χ3n) is 12.3. The molecule has 0 fully saturated rings.